The molecule has 3 heteroatoms. The van der Waals surface area contributed by atoms with Crippen molar-refractivity contribution in [3.63, 3.8) is 0 Å². The third-order valence-corrected chi connectivity index (χ3v) is 5.59. The van der Waals surface area contributed by atoms with Gasteiger partial charge in [-0.15, -0.1) is 0 Å². The minimum atomic E-state index is 0.753. The Morgan fingerprint density at radius 3 is 2.74 bits per heavy atom. The molecule has 0 saturated carbocycles. The average Bonchev–Trinajstić information content (AvgIpc) is 2.63. The van der Waals surface area contributed by atoms with E-state index in [-0.39, 0.29) is 0 Å². The Labute approximate surface area is 124 Å². The van der Waals surface area contributed by atoms with Gasteiger partial charge in [-0.05, 0) is 56.5 Å². The summed E-state index contributed by atoms with van der Waals surface area (Å²) < 4.78 is 0. The fourth-order valence-electron chi connectivity index (χ4n) is 3.57. The summed E-state index contributed by atoms with van der Waals surface area (Å²) in [6.45, 7) is 4.62. The van der Waals surface area contributed by atoms with Gasteiger partial charge in [-0.1, -0.05) is 22.0 Å². The van der Waals surface area contributed by atoms with Crippen LogP contribution in [0.5, 0.6) is 0 Å². The van der Waals surface area contributed by atoms with Crippen LogP contribution in [0.1, 0.15) is 30.4 Å². The van der Waals surface area contributed by atoms with Crippen molar-refractivity contribution in [2.45, 2.75) is 43.6 Å². The van der Waals surface area contributed by atoms with E-state index in [0.29, 0.717) is 0 Å². The number of halogens is 1. The standard InChI is InChI=1S/C16H23BrN2/c1-12-9-15(4-3-13(12)10-17)19-8-7-14-5-6-16(11-19)18(14)2/h3-4,9,14,16H,5-8,10-11H2,1-2H3. The zero-order chi connectivity index (χ0) is 13.4. The third-order valence-electron chi connectivity index (χ3n) is 4.98. The van der Waals surface area contributed by atoms with Gasteiger partial charge >= 0.3 is 0 Å². The lowest BCUT2D eigenvalue weighted by Crippen LogP contribution is -2.36. The highest BCUT2D eigenvalue weighted by atomic mass is 79.9. The van der Waals surface area contributed by atoms with E-state index < -0.39 is 0 Å². The van der Waals surface area contributed by atoms with Crippen molar-refractivity contribution in [3.8, 4) is 0 Å². The van der Waals surface area contributed by atoms with Gasteiger partial charge < -0.3 is 4.90 Å². The molecule has 2 heterocycles. The Hall–Kier alpha value is -0.540. The number of fused-ring (bicyclic) bond motifs is 2. The van der Waals surface area contributed by atoms with Crippen LogP contribution in [0.2, 0.25) is 0 Å². The van der Waals surface area contributed by atoms with Crippen molar-refractivity contribution >= 4 is 21.6 Å². The SMILES string of the molecule is Cc1cc(N2CCC3CCC(C2)N3C)ccc1CBr. The number of benzene rings is 1. The minimum absolute atomic E-state index is 0.753. The summed E-state index contributed by atoms with van der Waals surface area (Å²) in [4.78, 5) is 5.20. The molecular weight excluding hydrogens is 300 g/mol. The van der Waals surface area contributed by atoms with E-state index in [1.54, 1.807) is 0 Å². The third kappa shape index (κ3) is 2.55. The molecule has 2 aliphatic heterocycles. The molecule has 2 nitrogen and oxygen atoms in total. The molecular formula is C16H23BrN2. The van der Waals surface area contributed by atoms with E-state index in [4.69, 9.17) is 0 Å². The topological polar surface area (TPSA) is 6.48 Å². The van der Waals surface area contributed by atoms with E-state index in [1.165, 1.54) is 49.2 Å². The highest BCUT2D eigenvalue weighted by Gasteiger charge is 2.34. The predicted molar refractivity (Wildman–Crippen MR) is 85.2 cm³/mol. The van der Waals surface area contributed by atoms with Crippen LogP contribution in [0, 0.1) is 6.92 Å². The van der Waals surface area contributed by atoms with Crippen LogP contribution < -0.4 is 4.90 Å². The summed E-state index contributed by atoms with van der Waals surface area (Å²) in [5, 5.41) is 0.951. The largest absolute Gasteiger partial charge is 0.370 e. The molecule has 2 unspecified atom stereocenters. The van der Waals surface area contributed by atoms with Crippen LogP contribution in [0.25, 0.3) is 0 Å². The summed E-state index contributed by atoms with van der Waals surface area (Å²) in [5.74, 6) is 0. The summed E-state index contributed by atoms with van der Waals surface area (Å²) in [5.41, 5.74) is 4.21. The molecule has 2 aliphatic rings. The van der Waals surface area contributed by atoms with Crippen molar-refractivity contribution < 1.29 is 0 Å². The number of hydrogen-bond donors (Lipinski definition) is 0. The molecule has 0 aromatic heterocycles. The zero-order valence-corrected chi connectivity index (χ0v) is 13.5. The molecule has 0 radical (unpaired) electrons. The number of anilines is 1. The van der Waals surface area contributed by atoms with Crippen LogP contribution >= 0.6 is 15.9 Å². The average molecular weight is 323 g/mol. The maximum atomic E-state index is 3.56. The molecule has 19 heavy (non-hydrogen) atoms. The van der Waals surface area contributed by atoms with Crippen LogP contribution in [0.3, 0.4) is 0 Å². The summed E-state index contributed by atoms with van der Waals surface area (Å²) in [6.07, 6.45) is 4.08. The fourth-order valence-corrected chi connectivity index (χ4v) is 4.20. The van der Waals surface area contributed by atoms with Gasteiger partial charge in [0.05, 0.1) is 0 Å². The lowest BCUT2D eigenvalue weighted by Gasteiger charge is -2.28. The van der Waals surface area contributed by atoms with Crippen molar-refractivity contribution in [2.24, 2.45) is 0 Å². The quantitative estimate of drug-likeness (QED) is 0.768. The number of hydrogen-bond acceptors (Lipinski definition) is 2. The first kappa shape index (κ1) is 13.4. The Morgan fingerprint density at radius 2 is 2.00 bits per heavy atom. The smallest absolute Gasteiger partial charge is 0.0369 e. The molecule has 2 saturated heterocycles. The first-order valence-corrected chi connectivity index (χ1v) is 8.43. The van der Waals surface area contributed by atoms with Gasteiger partial charge in [0.2, 0.25) is 0 Å². The van der Waals surface area contributed by atoms with Gasteiger partial charge in [0.1, 0.15) is 0 Å². The number of rotatable bonds is 2. The molecule has 0 amide bonds. The van der Waals surface area contributed by atoms with Gasteiger partial charge in [0.25, 0.3) is 0 Å². The Morgan fingerprint density at radius 1 is 1.21 bits per heavy atom. The number of likely N-dealkylation sites (N-methyl/N-ethyl adjacent to an activating group) is 1. The number of alkyl halides is 1. The molecule has 0 aliphatic carbocycles. The molecule has 1 aromatic carbocycles. The Balaban J connectivity index is 1.81. The lowest BCUT2D eigenvalue weighted by atomic mass is 10.1. The number of nitrogens with zero attached hydrogens (tertiary/aromatic N) is 2. The molecule has 0 N–H and O–H groups in total. The highest BCUT2D eigenvalue weighted by molar-refractivity contribution is 9.08. The second-order valence-electron chi connectivity index (χ2n) is 6.03. The molecule has 2 bridgehead atoms. The molecule has 2 atom stereocenters. The van der Waals surface area contributed by atoms with E-state index in [9.17, 15) is 0 Å². The zero-order valence-electron chi connectivity index (χ0n) is 11.9. The van der Waals surface area contributed by atoms with Gasteiger partial charge in [-0.2, -0.15) is 0 Å². The summed E-state index contributed by atoms with van der Waals surface area (Å²) in [7, 11) is 2.31. The van der Waals surface area contributed by atoms with Crippen molar-refractivity contribution in [2.75, 3.05) is 25.0 Å². The molecule has 1 aromatic rings. The second-order valence-corrected chi connectivity index (χ2v) is 6.59. The maximum Gasteiger partial charge on any atom is 0.0369 e. The van der Waals surface area contributed by atoms with E-state index in [2.05, 4.69) is 57.9 Å². The minimum Gasteiger partial charge on any atom is -0.370 e. The summed E-state index contributed by atoms with van der Waals surface area (Å²) in [6, 6.07) is 8.49. The van der Waals surface area contributed by atoms with Gasteiger partial charge in [-0.3, -0.25) is 4.90 Å². The van der Waals surface area contributed by atoms with Crippen molar-refractivity contribution in [3.05, 3.63) is 29.3 Å². The van der Waals surface area contributed by atoms with Gasteiger partial charge in [-0.25, -0.2) is 0 Å². The van der Waals surface area contributed by atoms with Gasteiger partial charge in [0, 0.05) is 36.2 Å². The maximum absolute atomic E-state index is 3.56. The fraction of sp³-hybridized carbons (Fsp3) is 0.625. The van der Waals surface area contributed by atoms with Crippen LogP contribution in [0.4, 0.5) is 5.69 Å². The predicted octanol–water partition coefficient (Wildman–Crippen LogP) is 3.56. The monoisotopic (exact) mass is 322 g/mol. The van der Waals surface area contributed by atoms with Crippen LogP contribution in [-0.4, -0.2) is 37.1 Å². The van der Waals surface area contributed by atoms with Crippen LogP contribution in [-0.2, 0) is 5.33 Å². The second kappa shape index (κ2) is 5.45. The van der Waals surface area contributed by atoms with E-state index >= 15 is 0 Å². The van der Waals surface area contributed by atoms with E-state index in [0.717, 1.165) is 17.4 Å². The lowest BCUT2D eigenvalue weighted by molar-refractivity contribution is 0.254. The Bertz CT molecular complexity index is 460. The van der Waals surface area contributed by atoms with E-state index in [1.807, 2.05) is 0 Å². The van der Waals surface area contributed by atoms with Crippen molar-refractivity contribution in [1.82, 2.24) is 4.90 Å². The molecule has 104 valence electrons. The normalized spacial score (nSPS) is 27.6. The molecule has 0 spiro atoms. The van der Waals surface area contributed by atoms with Crippen LogP contribution in [0.15, 0.2) is 18.2 Å². The Kier molecular flexibility index (Phi) is 3.86. The first-order chi connectivity index (χ1) is 9.19. The first-order valence-electron chi connectivity index (χ1n) is 7.31. The molecule has 2 fully saturated rings. The number of aryl methyl sites for hydroxylation is 1. The molecule has 3 rings (SSSR count). The van der Waals surface area contributed by atoms with Crippen molar-refractivity contribution in [1.29, 1.82) is 0 Å². The van der Waals surface area contributed by atoms with Gasteiger partial charge in [0.15, 0.2) is 0 Å². The summed E-state index contributed by atoms with van der Waals surface area (Å²) >= 11 is 3.56. The highest BCUT2D eigenvalue weighted by Crippen LogP contribution is 2.31.